The van der Waals surface area contributed by atoms with E-state index in [-0.39, 0.29) is 28.2 Å². The van der Waals surface area contributed by atoms with Crippen molar-refractivity contribution in [2.75, 3.05) is 44.8 Å². The van der Waals surface area contributed by atoms with E-state index in [4.69, 9.17) is 9.47 Å². The van der Waals surface area contributed by atoms with Crippen LogP contribution in [0.4, 0.5) is 13.9 Å². The molecular weight excluding hydrogens is 478 g/mol. The van der Waals surface area contributed by atoms with E-state index in [0.717, 1.165) is 13.1 Å². The quantitative estimate of drug-likeness (QED) is 0.394. The molecule has 4 heterocycles. The minimum atomic E-state index is -2.76. The molecule has 1 aromatic carbocycles. The van der Waals surface area contributed by atoms with Gasteiger partial charge in [-0.05, 0) is 30.3 Å². The Hall–Kier alpha value is -3.48. The first kappa shape index (κ1) is 23.3. The number of carbonyl (C=O) groups is 1. The molecule has 1 amide bonds. The van der Waals surface area contributed by atoms with Crippen LogP contribution in [0.3, 0.4) is 0 Å². The smallest absolute Gasteiger partial charge is 0.264 e. The number of nitrogens with zero attached hydrogens (tertiary/aromatic N) is 5. The Morgan fingerprint density at radius 1 is 1.26 bits per heavy atom. The lowest BCUT2D eigenvalue weighted by Gasteiger charge is -2.26. The topological polar surface area (TPSA) is 93.9 Å². The summed E-state index contributed by atoms with van der Waals surface area (Å²) in [5, 5.41) is 9.23. The average molecular weight is 501 g/mol. The van der Waals surface area contributed by atoms with Crippen LogP contribution in [-0.4, -0.2) is 69.8 Å². The summed E-state index contributed by atoms with van der Waals surface area (Å²) < 4.78 is 40.4. The number of halogens is 2. The number of hydrogen-bond acceptors (Lipinski definition) is 8. The minimum Gasteiger partial charge on any atom is -0.492 e. The molecule has 0 atom stereocenters. The number of thiazole rings is 1. The Balaban J connectivity index is 1.37. The summed E-state index contributed by atoms with van der Waals surface area (Å²) in [6.45, 7) is 4.10. The van der Waals surface area contributed by atoms with Crippen molar-refractivity contribution in [3.05, 3.63) is 59.2 Å². The van der Waals surface area contributed by atoms with Gasteiger partial charge in [-0.25, -0.2) is 23.3 Å². The van der Waals surface area contributed by atoms with E-state index < -0.39 is 12.3 Å². The fourth-order valence-electron chi connectivity index (χ4n) is 3.78. The van der Waals surface area contributed by atoms with E-state index in [2.05, 4.69) is 25.3 Å². The highest BCUT2D eigenvalue weighted by Gasteiger charge is 2.21. The lowest BCUT2D eigenvalue weighted by molar-refractivity contribution is 0.0322. The van der Waals surface area contributed by atoms with Crippen LogP contribution in [0.2, 0.25) is 0 Å². The Bertz CT molecular complexity index is 1310. The number of anilines is 1. The average Bonchev–Trinajstić information content (AvgIpc) is 3.54. The monoisotopic (exact) mass is 500 g/mol. The van der Waals surface area contributed by atoms with Gasteiger partial charge >= 0.3 is 0 Å². The molecule has 1 aliphatic heterocycles. The highest BCUT2D eigenvalue weighted by atomic mass is 32.1. The van der Waals surface area contributed by atoms with Gasteiger partial charge in [0.25, 0.3) is 12.3 Å². The van der Waals surface area contributed by atoms with Crippen LogP contribution in [0.25, 0.3) is 17.0 Å². The van der Waals surface area contributed by atoms with Gasteiger partial charge in [0, 0.05) is 48.5 Å². The molecular formula is C23H22F2N6O3S. The third kappa shape index (κ3) is 5.29. The maximum absolute atomic E-state index is 14.0. The van der Waals surface area contributed by atoms with Crippen molar-refractivity contribution < 1.29 is 23.0 Å². The molecule has 5 rings (SSSR count). The third-order valence-corrected chi connectivity index (χ3v) is 6.23. The van der Waals surface area contributed by atoms with Gasteiger partial charge in [-0.3, -0.25) is 15.0 Å². The van der Waals surface area contributed by atoms with Crippen molar-refractivity contribution in [3.63, 3.8) is 0 Å². The van der Waals surface area contributed by atoms with Crippen molar-refractivity contribution in [2.24, 2.45) is 0 Å². The molecule has 1 aliphatic rings. The number of hydrogen-bond donors (Lipinski definition) is 1. The molecule has 0 bridgehead atoms. The molecule has 0 spiro atoms. The van der Waals surface area contributed by atoms with Gasteiger partial charge in [0.2, 0.25) is 0 Å². The number of aromatic nitrogens is 4. The molecule has 9 nitrogen and oxygen atoms in total. The number of carbonyl (C=O) groups excluding carboxylic acids is 1. The number of pyridine rings is 1. The van der Waals surface area contributed by atoms with Gasteiger partial charge in [-0.15, -0.1) is 16.4 Å². The summed E-state index contributed by atoms with van der Waals surface area (Å²) in [4.78, 5) is 23.4. The van der Waals surface area contributed by atoms with E-state index in [1.165, 1.54) is 28.0 Å². The maximum atomic E-state index is 14.0. The first-order valence-electron chi connectivity index (χ1n) is 11.0. The fourth-order valence-corrected chi connectivity index (χ4v) is 4.30. The van der Waals surface area contributed by atoms with Crippen LogP contribution in [-0.2, 0) is 4.74 Å². The second-order valence-corrected chi connectivity index (χ2v) is 8.66. The van der Waals surface area contributed by atoms with Gasteiger partial charge < -0.3 is 9.47 Å². The molecule has 0 unspecified atom stereocenters. The maximum Gasteiger partial charge on any atom is 0.264 e. The van der Waals surface area contributed by atoms with Gasteiger partial charge in [-0.1, -0.05) is 0 Å². The zero-order valence-electron chi connectivity index (χ0n) is 18.6. The van der Waals surface area contributed by atoms with Crippen molar-refractivity contribution in [3.8, 4) is 17.1 Å². The standard InChI is InChI=1S/C23H22F2N6O3S/c24-19(25)18-14-15(34-12-9-30-7-10-33-11-8-30)3-4-16(18)20-27-21-17(2-1-6-31(21)29-20)22(32)28-23-26-5-13-35-23/h1-6,13-14,19H,7-12H2,(H,26,28,32). The minimum absolute atomic E-state index is 0.0923. The summed E-state index contributed by atoms with van der Waals surface area (Å²) in [7, 11) is 0. The predicted molar refractivity (Wildman–Crippen MR) is 126 cm³/mol. The largest absolute Gasteiger partial charge is 0.492 e. The Kier molecular flexibility index (Phi) is 6.93. The van der Waals surface area contributed by atoms with Crippen LogP contribution >= 0.6 is 11.3 Å². The zero-order valence-corrected chi connectivity index (χ0v) is 19.4. The fraction of sp³-hybridized carbons (Fsp3) is 0.304. The Morgan fingerprint density at radius 3 is 2.89 bits per heavy atom. The van der Waals surface area contributed by atoms with Gasteiger partial charge in [-0.2, -0.15) is 0 Å². The van der Waals surface area contributed by atoms with Crippen LogP contribution < -0.4 is 10.1 Å². The van der Waals surface area contributed by atoms with E-state index in [9.17, 15) is 13.6 Å². The molecule has 1 fully saturated rings. The van der Waals surface area contributed by atoms with Crippen molar-refractivity contribution in [1.29, 1.82) is 0 Å². The lowest BCUT2D eigenvalue weighted by Crippen LogP contribution is -2.38. The second kappa shape index (κ2) is 10.4. The SMILES string of the molecule is O=C(Nc1nccs1)c1cccn2nc(-c3ccc(OCCN4CCOCC4)cc3C(F)F)nc12. The molecule has 1 saturated heterocycles. The summed E-state index contributed by atoms with van der Waals surface area (Å²) in [6, 6.07) is 7.71. The summed E-state index contributed by atoms with van der Waals surface area (Å²) >= 11 is 1.28. The molecule has 4 aromatic rings. The number of amides is 1. The first-order chi connectivity index (χ1) is 17.1. The number of fused-ring (bicyclic) bond motifs is 1. The van der Waals surface area contributed by atoms with Crippen molar-refractivity contribution >= 4 is 28.0 Å². The molecule has 12 heteroatoms. The van der Waals surface area contributed by atoms with Crippen molar-refractivity contribution in [1.82, 2.24) is 24.5 Å². The number of rotatable bonds is 8. The molecule has 1 N–H and O–H groups in total. The first-order valence-corrected chi connectivity index (χ1v) is 11.9. The van der Waals surface area contributed by atoms with E-state index in [1.54, 1.807) is 36.0 Å². The van der Waals surface area contributed by atoms with Gasteiger partial charge in [0.15, 0.2) is 16.6 Å². The molecule has 35 heavy (non-hydrogen) atoms. The van der Waals surface area contributed by atoms with Gasteiger partial charge in [0.1, 0.15) is 12.4 Å². The molecule has 0 saturated carbocycles. The normalized spacial score (nSPS) is 14.5. The molecule has 0 radical (unpaired) electrons. The van der Waals surface area contributed by atoms with E-state index in [0.29, 0.717) is 37.2 Å². The zero-order chi connectivity index (χ0) is 24.2. The summed E-state index contributed by atoms with van der Waals surface area (Å²) in [5.74, 6) is 0.0295. The predicted octanol–water partition coefficient (Wildman–Crippen LogP) is 3.75. The van der Waals surface area contributed by atoms with Crippen LogP contribution in [0.5, 0.6) is 5.75 Å². The van der Waals surface area contributed by atoms with E-state index in [1.807, 2.05) is 0 Å². The highest BCUT2D eigenvalue weighted by molar-refractivity contribution is 7.13. The number of morpholine rings is 1. The van der Waals surface area contributed by atoms with Crippen LogP contribution in [0.15, 0.2) is 48.1 Å². The van der Waals surface area contributed by atoms with Crippen molar-refractivity contribution in [2.45, 2.75) is 6.43 Å². The third-order valence-electron chi connectivity index (χ3n) is 5.54. The summed E-state index contributed by atoms with van der Waals surface area (Å²) in [6.07, 6.45) is 0.432. The molecule has 0 aliphatic carbocycles. The number of alkyl halides is 2. The van der Waals surface area contributed by atoms with Crippen LogP contribution in [0, 0.1) is 0 Å². The number of nitrogens with one attached hydrogen (secondary N) is 1. The second-order valence-electron chi connectivity index (χ2n) is 7.77. The molecule has 182 valence electrons. The summed E-state index contributed by atoms with van der Waals surface area (Å²) in [5.41, 5.74) is 0.444. The Morgan fingerprint density at radius 2 is 2.11 bits per heavy atom. The highest BCUT2D eigenvalue weighted by Crippen LogP contribution is 2.33. The lowest BCUT2D eigenvalue weighted by atomic mass is 10.1. The van der Waals surface area contributed by atoms with Gasteiger partial charge in [0.05, 0.1) is 18.8 Å². The Labute approximate surface area is 203 Å². The van der Waals surface area contributed by atoms with E-state index >= 15 is 0 Å². The van der Waals surface area contributed by atoms with Crippen LogP contribution in [0.1, 0.15) is 22.3 Å². The number of ether oxygens (including phenoxy) is 2. The number of benzene rings is 1. The molecule has 3 aromatic heterocycles.